The highest BCUT2D eigenvalue weighted by molar-refractivity contribution is 5.86. The van der Waals surface area contributed by atoms with Crippen LogP contribution in [-0.2, 0) is 29.0 Å². The summed E-state index contributed by atoms with van der Waals surface area (Å²) >= 11 is 0. The van der Waals surface area contributed by atoms with Gasteiger partial charge in [0.2, 0.25) is 0 Å². The van der Waals surface area contributed by atoms with Crippen molar-refractivity contribution in [1.29, 1.82) is 0 Å². The van der Waals surface area contributed by atoms with Crippen molar-refractivity contribution in [2.75, 3.05) is 13.3 Å². The van der Waals surface area contributed by atoms with Gasteiger partial charge < -0.3 is 13.9 Å². The Labute approximate surface area is 180 Å². The Bertz CT molecular complexity index is 1140. The predicted octanol–water partition coefficient (Wildman–Crippen LogP) is 3.73. The second kappa shape index (κ2) is 9.31. The maximum Gasteiger partial charge on any atom is 0.336 e. The first kappa shape index (κ1) is 21.1. The third-order valence-electron chi connectivity index (χ3n) is 5.33. The highest BCUT2D eigenvalue weighted by Crippen LogP contribution is 2.37. The molecule has 1 aromatic carbocycles. The first-order valence-corrected chi connectivity index (χ1v) is 10.5. The van der Waals surface area contributed by atoms with E-state index in [0.29, 0.717) is 44.2 Å². The van der Waals surface area contributed by atoms with E-state index in [1.807, 2.05) is 38.2 Å². The lowest BCUT2D eigenvalue weighted by molar-refractivity contribution is -0.143. The molecule has 7 nitrogen and oxygen atoms in total. The molecule has 0 bridgehead atoms. The van der Waals surface area contributed by atoms with Crippen LogP contribution in [0.1, 0.15) is 42.0 Å². The van der Waals surface area contributed by atoms with Crippen LogP contribution >= 0.6 is 0 Å². The van der Waals surface area contributed by atoms with Crippen molar-refractivity contribution in [3.8, 4) is 5.75 Å². The van der Waals surface area contributed by atoms with Gasteiger partial charge >= 0.3 is 11.6 Å². The van der Waals surface area contributed by atoms with Crippen LogP contribution in [0.5, 0.6) is 5.75 Å². The molecular formula is C24H26N2O5. The largest absolute Gasteiger partial charge is 0.477 e. The van der Waals surface area contributed by atoms with Gasteiger partial charge in [0.05, 0.1) is 12.2 Å². The number of pyridine rings is 1. The normalized spacial score (nSPS) is 13.6. The van der Waals surface area contributed by atoms with Crippen LogP contribution in [0.4, 0.5) is 0 Å². The number of hydrogen-bond donors (Lipinski definition) is 0. The van der Waals surface area contributed by atoms with E-state index in [-0.39, 0.29) is 18.0 Å². The maximum absolute atomic E-state index is 12.1. The molecule has 4 rings (SSSR count). The van der Waals surface area contributed by atoms with Crippen molar-refractivity contribution in [3.05, 3.63) is 69.3 Å². The van der Waals surface area contributed by atoms with E-state index in [2.05, 4.69) is 9.88 Å². The number of fused-ring (bicyclic) bond motifs is 3. The van der Waals surface area contributed by atoms with Crippen LogP contribution < -0.4 is 10.4 Å². The summed E-state index contributed by atoms with van der Waals surface area (Å²) in [4.78, 5) is 30.4. The van der Waals surface area contributed by atoms with Crippen LogP contribution in [0.15, 0.2) is 45.9 Å². The van der Waals surface area contributed by atoms with Gasteiger partial charge in [-0.15, -0.1) is 0 Å². The molecule has 162 valence electrons. The molecule has 0 unspecified atom stereocenters. The fraction of sp³-hybridized carbons (Fsp3) is 0.375. The number of nitrogens with zero attached hydrogens (tertiary/aromatic N) is 2. The summed E-state index contributed by atoms with van der Waals surface area (Å²) in [5.74, 6) is 0.480. The SMILES string of the molecule is CCCOC(=O)CCc1cc2c(C)cc(=O)oc2c2c1OCN(Cc1cccnc1)C2. The summed E-state index contributed by atoms with van der Waals surface area (Å²) in [5, 5.41) is 0.863. The summed E-state index contributed by atoms with van der Waals surface area (Å²) in [6, 6.07) is 7.38. The van der Waals surface area contributed by atoms with E-state index >= 15 is 0 Å². The summed E-state index contributed by atoms with van der Waals surface area (Å²) in [6.07, 6.45) is 5.15. The monoisotopic (exact) mass is 422 g/mol. The number of esters is 1. The molecule has 2 aromatic heterocycles. The highest BCUT2D eigenvalue weighted by Gasteiger charge is 2.25. The van der Waals surface area contributed by atoms with Crippen LogP contribution in [0.25, 0.3) is 11.0 Å². The summed E-state index contributed by atoms with van der Waals surface area (Å²) in [6.45, 7) is 5.92. The summed E-state index contributed by atoms with van der Waals surface area (Å²) in [5.41, 5.74) is 3.85. The molecule has 3 heterocycles. The van der Waals surface area contributed by atoms with Gasteiger partial charge in [-0.2, -0.15) is 0 Å². The van der Waals surface area contributed by atoms with Gasteiger partial charge in [0, 0.05) is 43.4 Å². The molecule has 1 aliphatic rings. The number of aryl methyl sites for hydroxylation is 2. The minimum atomic E-state index is -0.382. The second-order valence-corrected chi connectivity index (χ2v) is 7.81. The molecule has 0 saturated carbocycles. The lowest BCUT2D eigenvalue weighted by Crippen LogP contribution is -2.32. The van der Waals surface area contributed by atoms with Crippen LogP contribution in [0.3, 0.4) is 0 Å². The average Bonchev–Trinajstić information content (AvgIpc) is 2.77. The van der Waals surface area contributed by atoms with E-state index in [1.165, 1.54) is 6.07 Å². The molecule has 31 heavy (non-hydrogen) atoms. The molecule has 0 radical (unpaired) electrons. The Balaban J connectivity index is 1.67. The number of rotatable bonds is 7. The van der Waals surface area contributed by atoms with Gasteiger partial charge in [0.15, 0.2) is 0 Å². The Kier molecular flexibility index (Phi) is 6.32. The molecule has 0 aliphatic carbocycles. The lowest BCUT2D eigenvalue weighted by Gasteiger charge is -2.31. The van der Waals surface area contributed by atoms with Gasteiger partial charge in [0.1, 0.15) is 18.1 Å². The van der Waals surface area contributed by atoms with Crippen molar-refractivity contribution in [2.45, 2.75) is 46.2 Å². The Hall–Kier alpha value is -3.19. The van der Waals surface area contributed by atoms with Crippen molar-refractivity contribution in [3.63, 3.8) is 0 Å². The highest BCUT2D eigenvalue weighted by atomic mass is 16.5. The van der Waals surface area contributed by atoms with E-state index in [9.17, 15) is 9.59 Å². The number of carbonyl (C=O) groups excluding carboxylic acids is 1. The molecule has 0 saturated heterocycles. The van der Waals surface area contributed by atoms with Crippen LogP contribution in [-0.4, -0.2) is 29.2 Å². The quantitative estimate of drug-likeness (QED) is 0.424. The van der Waals surface area contributed by atoms with E-state index in [1.54, 1.807) is 6.20 Å². The van der Waals surface area contributed by atoms with Gasteiger partial charge in [-0.3, -0.25) is 14.7 Å². The zero-order chi connectivity index (χ0) is 21.8. The molecule has 0 atom stereocenters. The molecular weight excluding hydrogens is 396 g/mol. The van der Waals surface area contributed by atoms with Gasteiger partial charge in [0.25, 0.3) is 0 Å². The van der Waals surface area contributed by atoms with E-state index in [0.717, 1.165) is 34.1 Å². The van der Waals surface area contributed by atoms with Crippen LogP contribution in [0, 0.1) is 6.92 Å². The van der Waals surface area contributed by atoms with Crippen molar-refractivity contribution >= 4 is 16.9 Å². The standard InChI is InChI=1S/C24H26N2O5/c1-3-9-29-21(27)7-6-18-11-19-16(2)10-22(28)31-24(19)20-14-26(15-30-23(18)20)13-17-5-4-8-25-12-17/h4-5,8,10-12H,3,6-7,9,13-15H2,1-2H3. The Morgan fingerprint density at radius 3 is 2.97 bits per heavy atom. The maximum atomic E-state index is 12.1. The Morgan fingerprint density at radius 2 is 2.19 bits per heavy atom. The third-order valence-corrected chi connectivity index (χ3v) is 5.33. The van der Waals surface area contributed by atoms with Gasteiger partial charge in [-0.25, -0.2) is 4.79 Å². The predicted molar refractivity (Wildman–Crippen MR) is 116 cm³/mol. The molecule has 7 heteroatoms. The van der Waals surface area contributed by atoms with Crippen LogP contribution in [0.2, 0.25) is 0 Å². The number of benzene rings is 1. The number of carbonyl (C=O) groups is 1. The first-order chi connectivity index (χ1) is 15.0. The number of hydrogen-bond acceptors (Lipinski definition) is 7. The van der Waals surface area contributed by atoms with E-state index < -0.39 is 0 Å². The Morgan fingerprint density at radius 1 is 1.32 bits per heavy atom. The molecule has 0 N–H and O–H groups in total. The minimum absolute atomic E-state index is 0.221. The molecule has 0 fully saturated rings. The zero-order valence-electron chi connectivity index (χ0n) is 17.8. The topological polar surface area (TPSA) is 81.9 Å². The lowest BCUT2D eigenvalue weighted by atomic mass is 9.97. The second-order valence-electron chi connectivity index (χ2n) is 7.81. The zero-order valence-corrected chi connectivity index (χ0v) is 17.8. The smallest absolute Gasteiger partial charge is 0.336 e. The average molecular weight is 422 g/mol. The van der Waals surface area contributed by atoms with Crippen molar-refractivity contribution in [1.82, 2.24) is 9.88 Å². The fourth-order valence-electron chi connectivity index (χ4n) is 3.87. The number of ether oxygens (including phenoxy) is 2. The summed E-state index contributed by atoms with van der Waals surface area (Å²) < 4.78 is 17.0. The van der Waals surface area contributed by atoms with Crippen molar-refractivity contribution < 1.29 is 18.7 Å². The molecule has 0 amide bonds. The molecule has 3 aromatic rings. The first-order valence-electron chi connectivity index (χ1n) is 10.5. The third kappa shape index (κ3) is 4.77. The molecule has 1 aliphatic heterocycles. The van der Waals surface area contributed by atoms with Crippen molar-refractivity contribution in [2.24, 2.45) is 0 Å². The van der Waals surface area contributed by atoms with Gasteiger partial charge in [-0.1, -0.05) is 13.0 Å². The fourth-order valence-corrected chi connectivity index (χ4v) is 3.87. The molecule has 0 spiro atoms. The summed E-state index contributed by atoms with van der Waals surface area (Å²) in [7, 11) is 0. The number of aromatic nitrogens is 1. The van der Waals surface area contributed by atoms with Gasteiger partial charge in [-0.05, 0) is 48.6 Å². The minimum Gasteiger partial charge on any atom is -0.477 e. The van der Waals surface area contributed by atoms with E-state index in [4.69, 9.17) is 13.9 Å².